The Kier molecular flexibility index (Phi) is 4.72. The van der Waals surface area contributed by atoms with Crippen LogP contribution in [0.1, 0.15) is 50.0 Å². The number of carbonyl (C=O) groups is 1. The van der Waals surface area contributed by atoms with E-state index in [9.17, 15) is 4.79 Å². The van der Waals surface area contributed by atoms with Crippen molar-refractivity contribution in [2.75, 3.05) is 13.1 Å². The predicted molar refractivity (Wildman–Crippen MR) is 87.5 cm³/mol. The molecule has 1 saturated heterocycles. The van der Waals surface area contributed by atoms with Crippen LogP contribution in [-0.2, 0) is 0 Å². The van der Waals surface area contributed by atoms with Gasteiger partial charge in [-0.05, 0) is 45.2 Å². The van der Waals surface area contributed by atoms with Crippen molar-refractivity contribution in [3.8, 4) is 0 Å². The molecule has 0 aliphatic carbocycles. The van der Waals surface area contributed by atoms with E-state index in [-0.39, 0.29) is 17.5 Å². The van der Waals surface area contributed by atoms with Gasteiger partial charge in [-0.2, -0.15) is 0 Å². The number of nitrogens with zero attached hydrogens (tertiary/aromatic N) is 1. The van der Waals surface area contributed by atoms with Gasteiger partial charge in [0.15, 0.2) is 0 Å². The first-order valence-corrected chi connectivity index (χ1v) is 7.91. The summed E-state index contributed by atoms with van der Waals surface area (Å²) in [6.07, 6.45) is 1.04. The fraction of sp³-hybridized carbons (Fsp3) is 0.611. The van der Waals surface area contributed by atoms with Crippen molar-refractivity contribution in [3.63, 3.8) is 0 Å². The highest BCUT2D eigenvalue weighted by Gasteiger charge is 2.35. The highest BCUT2D eigenvalue weighted by atomic mass is 16.2. The van der Waals surface area contributed by atoms with Crippen LogP contribution >= 0.6 is 0 Å². The molecule has 1 heterocycles. The van der Waals surface area contributed by atoms with E-state index in [1.165, 1.54) is 5.56 Å². The summed E-state index contributed by atoms with van der Waals surface area (Å²) in [7, 11) is 0. The Labute approximate surface area is 128 Å². The van der Waals surface area contributed by atoms with Crippen molar-refractivity contribution in [2.24, 2.45) is 5.92 Å². The third-order valence-corrected chi connectivity index (χ3v) is 4.13. The summed E-state index contributed by atoms with van der Waals surface area (Å²) in [4.78, 5) is 15.0. The highest BCUT2D eigenvalue weighted by Crippen LogP contribution is 2.22. The second-order valence-electron chi connectivity index (χ2n) is 7.35. The number of amides is 1. The second kappa shape index (κ2) is 6.18. The first kappa shape index (κ1) is 16.0. The van der Waals surface area contributed by atoms with E-state index in [1.54, 1.807) is 0 Å². The molecule has 21 heavy (non-hydrogen) atoms. The normalized spacial score (nSPS) is 21.6. The van der Waals surface area contributed by atoms with Crippen LogP contribution in [0, 0.1) is 12.8 Å². The van der Waals surface area contributed by atoms with E-state index in [0.717, 1.165) is 25.1 Å². The Morgan fingerprint density at radius 3 is 2.52 bits per heavy atom. The van der Waals surface area contributed by atoms with Gasteiger partial charge in [-0.1, -0.05) is 31.5 Å². The Hall–Kier alpha value is -1.35. The molecule has 1 aliphatic heterocycles. The van der Waals surface area contributed by atoms with Crippen LogP contribution in [0.2, 0.25) is 0 Å². The van der Waals surface area contributed by atoms with Gasteiger partial charge in [-0.3, -0.25) is 4.79 Å². The molecule has 1 N–H and O–H groups in total. The number of piperazine rings is 1. The Morgan fingerprint density at radius 2 is 1.95 bits per heavy atom. The van der Waals surface area contributed by atoms with E-state index >= 15 is 0 Å². The highest BCUT2D eigenvalue weighted by molar-refractivity contribution is 5.94. The van der Waals surface area contributed by atoms with Crippen molar-refractivity contribution in [1.82, 2.24) is 10.2 Å². The molecule has 0 radical (unpaired) electrons. The summed E-state index contributed by atoms with van der Waals surface area (Å²) < 4.78 is 0. The SMILES string of the molecule is Cc1ccc(C(=O)N2CC(C)(C)NCC2CC(C)C)cc1. The number of benzene rings is 1. The number of carbonyl (C=O) groups excluding carboxylic acids is 1. The average Bonchev–Trinajstić information content (AvgIpc) is 2.40. The topological polar surface area (TPSA) is 32.3 Å². The first-order chi connectivity index (χ1) is 9.78. The lowest BCUT2D eigenvalue weighted by Gasteiger charge is -2.45. The van der Waals surface area contributed by atoms with Gasteiger partial charge in [0.05, 0.1) is 0 Å². The summed E-state index contributed by atoms with van der Waals surface area (Å²) in [5.41, 5.74) is 1.96. The summed E-state index contributed by atoms with van der Waals surface area (Å²) in [6.45, 7) is 12.4. The summed E-state index contributed by atoms with van der Waals surface area (Å²) in [5, 5.41) is 3.57. The first-order valence-electron chi connectivity index (χ1n) is 7.91. The number of nitrogens with one attached hydrogen (secondary N) is 1. The average molecular weight is 288 g/mol. The maximum atomic E-state index is 12.9. The van der Waals surface area contributed by atoms with Gasteiger partial charge in [0.2, 0.25) is 0 Å². The number of rotatable bonds is 3. The maximum Gasteiger partial charge on any atom is 0.254 e. The molecule has 0 bridgehead atoms. The van der Waals surface area contributed by atoms with Crippen LogP contribution in [-0.4, -0.2) is 35.5 Å². The maximum absolute atomic E-state index is 12.9. The fourth-order valence-corrected chi connectivity index (χ4v) is 2.97. The zero-order valence-corrected chi connectivity index (χ0v) is 13.9. The third-order valence-electron chi connectivity index (χ3n) is 4.13. The minimum atomic E-state index is -0.0200. The molecular formula is C18H28N2O. The van der Waals surface area contributed by atoms with Crippen molar-refractivity contribution >= 4 is 5.91 Å². The molecule has 116 valence electrons. The second-order valence-corrected chi connectivity index (χ2v) is 7.35. The molecule has 1 aromatic carbocycles. The van der Waals surface area contributed by atoms with E-state index in [1.807, 2.05) is 31.2 Å². The van der Waals surface area contributed by atoms with E-state index < -0.39 is 0 Å². The fourth-order valence-electron chi connectivity index (χ4n) is 2.97. The van der Waals surface area contributed by atoms with Gasteiger partial charge < -0.3 is 10.2 Å². The Bertz CT molecular complexity index is 490. The summed E-state index contributed by atoms with van der Waals surface area (Å²) >= 11 is 0. The van der Waals surface area contributed by atoms with Crippen molar-refractivity contribution < 1.29 is 4.79 Å². The molecular weight excluding hydrogens is 260 g/mol. The zero-order chi connectivity index (χ0) is 15.6. The molecule has 2 rings (SSSR count). The molecule has 3 nitrogen and oxygen atoms in total. The van der Waals surface area contributed by atoms with Gasteiger partial charge in [0, 0.05) is 30.2 Å². The quantitative estimate of drug-likeness (QED) is 0.926. The van der Waals surface area contributed by atoms with Gasteiger partial charge in [0.25, 0.3) is 5.91 Å². The summed E-state index contributed by atoms with van der Waals surface area (Å²) in [5.74, 6) is 0.751. The van der Waals surface area contributed by atoms with Crippen LogP contribution < -0.4 is 5.32 Å². The molecule has 0 aromatic heterocycles. The van der Waals surface area contributed by atoms with Gasteiger partial charge in [-0.15, -0.1) is 0 Å². The van der Waals surface area contributed by atoms with E-state index in [2.05, 4.69) is 37.9 Å². The van der Waals surface area contributed by atoms with Gasteiger partial charge >= 0.3 is 0 Å². The van der Waals surface area contributed by atoms with Gasteiger partial charge in [-0.25, -0.2) is 0 Å². The molecule has 1 amide bonds. The monoisotopic (exact) mass is 288 g/mol. The van der Waals surface area contributed by atoms with Crippen LogP contribution in [0.3, 0.4) is 0 Å². The Morgan fingerprint density at radius 1 is 1.33 bits per heavy atom. The van der Waals surface area contributed by atoms with Crippen molar-refractivity contribution in [3.05, 3.63) is 35.4 Å². The van der Waals surface area contributed by atoms with Crippen LogP contribution in [0.25, 0.3) is 0 Å². The molecule has 1 fully saturated rings. The van der Waals surface area contributed by atoms with Crippen molar-refractivity contribution in [2.45, 2.75) is 52.6 Å². The number of aryl methyl sites for hydroxylation is 1. The molecule has 0 spiro atoms. The van der Waals surface area contributed by atoms with E-state index in [0.29, 0.717) is 5.92 Å². The molecule has 1 unspecified atom stereocenters. The largest absolute Gasteiger partial charge is 0.333 e. The lowest BCUT2D eigenvalue weighted by molar-refractivity contribution is 0.0468. The van der Waals surface area contributed by atoms with Gasteiger partial charge in [0.1, 0.15) is 0 Å². The van der Waals surface area contributed by atoms with Crippen LogP contribution in [0.4, 0.5) is 0 Å². The molecule has 1 atom stereocenters. The van der Waals surface area contributed by atoms with Crippen molar-refractivity contribution in [1.29, 1.82) is 0 Å². The third kappa shape index (κ3) is 4.07. The summed E-state index contributed by atoms with van der Waals surface area (Å²) in [6, 6.07) is 8.20. The standard InChI is InChI=1S/C18H28N2O/c1-13(2)10-16-11-19-18(4,5)12-20(16)17(21)15-8-6-14(3)7-9-15/h6-9,13,16,19H,10-12H2,1-5H3. The lowest BCUT2D eigenvalue weighted by atomic mass is 9.93. The molecule has 3 heteroatoms. The predicted octanol–water partition coefficient (Wildman–Crippen LogP) is 3.23. The minimum absolute atomic E-state index is 0.0200. The number of hydrogen-bond acceptors (Lipinski definition) is 2. The molecule has 1 aliphatic rings. The molecule has 0 saturated carbocycles. The zero-order valence-electron chi connectivity index (χ0n) is 13.9. The lowest BCUT2D eigenvalue weighted by Crippen LogP contribution is -2.63. The number of hydrogen-bond donors (Lipinski definition) is 1. The van der Waals surface area contributed by atoms with Crippen LogP contribution in [0.15, 0.2) is 24.3 Å². The Balaban J connectivity index is 2.22. The van der Waals surface area contributed by atoms with E-state index in [4.69, 9.17) is 0 Å². The minimum Gasteiger partial charge on any atom is -0.333 e. The smallest absolute Gasteiger partial charge is 0.254 e. The molecule has 1 aromatic rings. The van der Waals surface area contributed by atoms with Crippen LogP contribution in [0.5, 0.6) is 0 Å².